The first-order valence-electron chi connectivity index (χ1n) is 9.57. The molecule has 3 rings (SSSR count). The summed E-state index contributed by atoms with van der Waals surface area (Å²) in [6.07, 6.45) is -0.427. The average molecular weight is 438 g/mol. The van der Waals surface area contributed by atoms with Crippen molar-refractivity contribution in [3.8, 4) is 0 Å². The van der Waals surface area contributed by atoms with Crippen molar-refractivity contribution in [1.29, 1.82) is 0 Å². The average Bonchev–Trinajstić information content (AvgIpc) is 3.04. The maximum Gasteiger partial charge on any atom is 0.339 e. The second-order valence-electron chi connectivity index (χ2n) is 7.50. The van der Waals surface area contributed by atoms with Crippen molar-refractivity contribution >= 4 is 29.0 Å². The lowest BCUT2D eigenvalue weighted by atomic mass is 10.1. The van der Waals surface area contributed by atoms with E-state index in [1.54, 1.807) is 27.7 Å². The van der Waals surface area contributed by atoms with E-state index in [0.29, 0.717) is 5.56 Å². The molecule has 0 spiro atoms. The Morgan fingerprint density at radius 2 is 1.59 bits per heavy atom. The highest BCUT2D eigenvalue weighted by atomic mass is 32.1. The van der Waals surface area contributed by atoms with Gasteiger partial charge in [-0.2, -0.15) is 0 Å². The molecule has 29 heavy (non-hydrogen) atoms. The minimum Gasteiger partial charge on any atom is -0.305 e. The third-order valence-corrected chi connectivity index (χ3v) is 8.34. The van der Waals surface area contributed by atoms with Crippen LogP contribution in [0.2, 0.25) is 0 Å². The van der Waals surface area contributed by atoms with Crippen molar-refractivity contribution in [3.63, 3.8) is 0 Å². The predicted octanol–water partition coefficient (Wildman–Crippen LogP) is 7.51. The van der Waals surface area contributed by atoms with Crippen LogP contribution >= 0.6 is 18.9 Å². The lowest BCUT2D eigenvalue weighted by Crippen LogP contribution is -2.15. The molecule has 0 radical (unpaired) electrons. The standard InChI is InChI=1S/C22H25F2O3PS/c1-14(2)26-28(25,27-15(3)4)20(12-16-9-10-18(23)19(24)11-16)22-13-17-7-5-6-8-21(17)29-22/h5-11,13-15,20H,12H2,1-4H3. The maximum atomic E-state index is 14.0. The number of rotatable bonds is 8. The molecule has 1 atom stereocenters. The van der Waals surface area contributed by atoms with Gasteiger partial charge in [-0.1, -0.05) is 24.3 Å². The molecule has 0 saturated carbocycles. The third kappa shape index (κ3) is 5.32. The highest BCUT2D eigenvalue weighted by Gasteiger charge is 2.40. The molecule has 1 aromatic heterocycles. The number of benzene rings is 2. The number of thiophene rings is 1. The topological polar surface area (TPSA) is 35.5 Å². The zero-order valence-corrected chi connectivity index (χ0v) is 18.6. The van der Waals surface area contributed by atoms with Crippen LogP contribution in [0.1, 0.15) is 43.8 Å². The van der Waals surface area contributed by atoms with Crippen LogP contribution in [0, 0.1) is 11.6 Å². The van der Waals surface area contributed by atoms with E-state index < -0.39 is 24.9 Å². The number of hydrogen-bond donors (Lipinski definition) is 0. The number of halogens is 2. The summed E-state index contributed by atoms with van der Waals surface area (Å²) in [7, 11) is -3.62. The van der Waals surface area contributed by atoms with Gasteiger partial charge in [-0.05, 0) is 69.3 Å². The monoisotopic (exact) mass is 438 g/mol. The number of fused-ring (bicyclic) bond motifs is 1. The summed E-state index contributed by atoms with van der Waals surface area (Å²) in [5, 5.41) is 1.03. The van der Waals surface area contributed by atoms with Crippen molar-refractivity contribution in [2.75, 3.05) is 0 Å². The molecular weight excluding hydrogens is 413 g/mol. The van der Waals surface area contributed by atoms with Crippen LogP contribution in [0.25, 0.3) is 10.1 Å². The minimum absolute atomic E-state index is 0.209. The van der Waals surface area contributed by atoms with Crippen LogP contribution in [0.15, 0.2) is 48.5 Å². The van der Waals surface area contributed by atoms with Crippen LogP contribution in [0.3, 0.4) is 0 Å². The Balaban J connectivity index is 2.10. The lowest BCUT2D eigenvalue weighted by molar-refractivity contribution is 0.136. The van der Waals surface area contributed by atoms with Crippen molar-refractivity contribution in [2.24, 2.45) is 0 Å². The smallest absolute Gasteiger partial charge is 0.305 e. The molecule has 7 heteroatoms. The van der Waals surface area contributed by atoms with Gasteiger partial charge in [0.05, 0.1) is 17.9 Å². The lowest BCUT2D eigenvalue weighted by Gasteiger charge is -2.29. The zero-order chi connectivity index (χ0) is 21.2. The van der Waals surface area contributed by atoms with Gasteiger partial charge in [0.1, 0.15) is 0 Å². The fourth-order valence-electron chi connectivity index (χ4n) is 3.18. The van der Waals surface area contributed by atoms with Crippen LogP contribution in [-0.4, -0.2) is 12.2 Å². The maximum absolute atomic E-state index is 14.0. The van der Waals surface area contributed by atoms with Gasteiger partial charge >= 0.3 is 7.60 Å². The quantitative estimate of drug-likeness (QED) is 0.342. The van der Waals surface area contributed by atoms with E-state index in [9.17, 15) is 13.3 Å². The molecule has 0 N–H and O–H groups in total. The molecule has 3 aromatic rings. The molecule has 0 amide bonds. The fraction of sp³-hybridized carbons (Fsp3) is 0.364. The van der Waals surface area contributed by atoms with Gasteiger partial charge in [-0.3, -0.25) is 4.57 Å². The largest absolute Gasteiger partial charge is 0.339 e. The van der Waals surface area contributed by atoms with Crippen molar-refractivity contribution < 1.29 is 22.4 Å². The zero-order valence-electron chi connectivity index (χ0n) is 16.9. The molecule has 0 bridgehead atoms. The Kier molecular flexibility index (Phi) is 6.90. The molecule has 156 valence electrons. The first-order chi connectivity index (χ1) is 13.7. The number of hydrogen-bond acceptors (Lipinski definition) is 4. The minimum atomic E-state index is -3.62. The molecule has 0 fully saturated rings. The highest BCUT2D eigenvalue weighted by molar-refractivity contribution is 7.54. The molecule has 0 aliphatic carbocycles. The van der Waals surface area contributed by atoms with E-state index in [4.69, 9.17) is 9.05 Å². The van der Waals surface area contributed by atoms with Crippen LogP contribution in [0.4, 0.5) is 8.78 Å². The van der Waals surface area contributed by atoms with Crippen LogP contribution < -0.4 is 0 Å². The molecule has 0 aliphatic heterocycles. The molecule has 0 aliphatic rings. The van der Waals surface area contributed by atoms with Crippen LogP contribution in [-0.2, 0) is 20.0 Å². The Morgan fingerprint density at radius 1 is 0.931 bits per heavy atom. The summed E-state index contributed by atoms with van der Waals surface area (Å²) in [6, 6.07) is 13.6. The second-order valence-corrected chi connectivity index (χ2v) is 10.7. The molecule has 3 nitrogen and oxygen atoms in total. The predicted molar refractivity (Wildman–Crippen MR) is 115 cm³/mol. The van der Waals surface area contributed by atoms with Gasteiger partial charge in [0.25, 0.3) is 0 Å². The Morgan fingerprint density at radius 3 is 2.17 bits per heavy atom. The van der Waals surface area contributed by atoms with Gasteiger partial charge in [0.2, 0.25) is 0 Å². The molecule has 1 heterocycles. The third-order valence-electron chi connectivity index (χ3n) is 4.28. The summed E-state index contributed by atoms with van der Waals surface area (Å²) >= 11 is 1.51. The summed E-state index contributed by atoms with van der Waals surface area (Å²) in [4.78, 5) is 0.834. The summed E-state index contributed by atoms with van der Waals surface area (Å²) in [5.74, 6) is -1.84. The molecule has 0 saturated heterocycles. The van der Waals surface area contributed by atoms with Crippen molar-refractivity contribution in [3.05, 3.63) is 70.6 Å². The SMILES string of the molecule is CC(C)OP(=O)(OC(C)C)C(Cc1ccc(F)c(F)c1)c1cc2ccccc2s1. The Bertz CT molecular complexity index is 985. The van der Waals surface area contributed by atoms with E-state index in [-0.39, 0.29) is 18.6 Å². The van der Waals surface area contributed by atoms with E-state index in [1.165, 1.54) is 17.4 Å². The fourth-order valence-corrected chi connectivity index (χ4v) is 7.12. The molecule has 1 unspecified atom stereocenters. The Hall–Kier alpha value is -1.59. The van der Waals surface area contributed by atoms with Gasteiger partial charge in [0.15, 0.2) is 11.6 Å². The van der Waals surface area contributed by atoms with Crippen molar-refractivity contribution in [2.45, 2.75) is 52.0 Å². The first-order valence-corrected chi connectivity index (χ1v) is 12.0. The van der Waals surface area contributed by atoms with Gasteiger partial charge in [-0.15, -0.1) is 11.3 Å². The van der Waals surface area contributed by atoms with Crippen LogP contribution in [0.5, 0.6) is 0 Å². The summed E-state index contributed by atoms with van der Waals surface area (Å²) in [6.45, 7) is 7.21. The molecular formula is C22H25F2O3PS. The van der Waals surface area contributed by atoms with E-state index >= 15 is 0 Å². The van der Waals surface area contributed by atoms with E-state index in [1.807, 2.05) is 30.3 Å². The summed E-state index contributed by atoms with van der Waals surface area (Å²) < 4.78 is 53.9. The van der Waals surface area contributed by atoms with Crippen molar-refractivity contribution in [1.82, 2.24) is 0 Å². The Labute approximate surface area is 174 Å². The normalized spacial score (nSPS) is 13.5. The molecule has 2 aromatic carbocycles. The van der Waals surface area contributed by atoms with E-state index in [0.717, 1.165) is 27.1 Å². The van der Waals surface area contributed by atoms with Gasteiger partial charge in [-0.25, -0.2) is 8.78 Å². The van der Waals surface area contributed by atoms with Gasteiger partial charge < -0.3 is 9.05 Å². The summed E-state index contributed by atoms with van der Waals surface area (Å²) in [5.41, 5.74) is -0.0964. The first kappa shape index (κ1) is 22.1. The second kappa shape index (κ2) is 9.05. The highest BCUT2D eigenvalue weighted by Crippen LogP contribution is 2.64. The van der Waals surface area contributed by atoms with E-state index in [2.05, 4.69) is 0 Å². The van der Waals surface area contributed by atoms with Gasteiger partial charge in [0, 0.05) is 9.58 Å².